The molecule has 88 valence electrons. The summed E-state index contributed by atoms with van der Waals surface area (Å²) >= 11 is 17.1. The SMILES string of the molecule is S=C=NO[Si](ON=C=S)(ON=C=S)ON=C=S. The van der Waals surface area contributed by atoms with Crippen LogP contribution in [0.1, 0.15) is 0 Å². The van der Waals surface area contributed by atoms with E-state index in [-0.39, 0.29) is 0 Å². The van der Waals surface area contributed by atoms with Gasteiger partial charge >= 0.3 is 9.05 Å². The van der Waals surface area contributed by atoms with Crippen LogP contribution in [0.2, 0.25) is 0 Å². The maximum Gasteiger partial charge on any atom is 1.05 e. The Morgan fingerprint density at radius 1 is 0.588 bits per heavy atom. The van der Waals surface area contributed by atoms with Gasteiger partial charge < -0.3 is 18.1 Å². The van der Waals surface area contributed by atoms with E-state index in [0.29, 0.717) is 0 Å². The van der Waals surface area contributed by atoms with Gasteiger partial charge in [-0.25, -0.2) is 0 Å². The van der Waals surface area contributed by atoms with Gasteiger partial charge in [-0.15, -0.1) is 0 Å². The van der Waals surface area contributed by atoms with E-state index in [1.807, 2.05) is 20.6 Å². The van der Waals surface area contributed by atoms with Gasteiger partial charge in [0.1, 0.15) is 20.6 Å². The minimum Gasteiger partial charge on any atom is -0.331 e. The van der Waals surface area contributed by atoms with Crippen molar-refractivity contribution in [3.8, 4) is 0 Å². The van der Waals surface area contributed by atoms with Crippen LogP contribution in [-0.2, 0) is 18.1 Å². The van der Waals surface area contributed by atoms with Gasteiger partial charge in [-0.1, -0.05) is 0 Å². The Bertz CT molecular complexity index is 363. The van der Waals surface area contributed by atoms with Gasteiger partial charge in [-0.05, 0) is 69.5 Å². The lowest BCUT2D eigenvalue weighted by molar-refractivity contribution is -0.0292. The van der Waals surface area contributed by atoms with Gasteiger partial charge in [0.25, 0.3) is 0 Å². The molecule has 0 saturated carbocycles. The first-order valence-electron chi connectivity index (χ1n) is 3.26. The standard InChI is InChI=1S/C4N4O4S4Si/c13-1-5-9-17(10-6-2-14,11-7-3-15)12-8-4-16. The van der Waals surface area contributed by atoms with Crippen LogP contribution >= 0.6 is 48.9 Å². The number of thiocarbonyl (C=S) groups is 4. The van der Waals surface area contributed by atoms with E-state index in [0.717, 1.165) is 0 Å². The average Bonchev–Trinajstić information content (AvgIpc) is 2.37. The van der Waals surface area contributed by atoms with Crippen molar-refractivity contribution in [1.29, 1.82) is 0 Å². The summed E-state index contributed by atoms with van der Waals surface area (Å²) in [6.45, 7) is 0. The summed E-state index contributed by atoms with van der Waals surface area (Å²) < 4.78 is 18.5. The first-order chi connectivity index (χ1) is 8.24. The Kier molecular flexibility index (Phi) is 9.02. The highest BCUT2D eigenvalue weighted by molar-refractivity contribution is 7.78. The number of hydrogen-bond donors (Lipinski definition) is 0. The van der Waals surface area contributed by atoms with Crippen LogP contribution in [0.5, 0.6) is 0 Å². The monoisotopic (exact) mass is 324 g/mol. The number of nitrogens with zero attached hydrogens (tertiary/aromatic N) is 4. The Balaban J connectivity index is 5.12. The molecule has 0 heterocycles. The maximum absolute atomic E-state index is 4.63. The fourth-order valence-corrected chi connectivity index (χ4v) is 1.64. The smallest absolute Gasteiger partial charge is 0.331 e. The highest BCUT2D eigenvalue weighted by atomic mass is 32.1. The second-order valence-electron chi connectivity index (χ2n) is 1.60. The lowest BCUT2D eigenvalue weighted by Crippen LogP contribution is -2.44. The molecule has 17 heavy (non-hydrogen) atoms. The number of rotatable bonds is 8. The van der Waals surface area contributed by atoms with E-state index >= 15 is 0 Å². The first kappa shape index (κ1) is 15.6. The summed E-state index contributed by atoms with van der Waals surface area (Å²) in [6, 6.07) is 0. The van der Waals surface area contributed by atoms with Crippen molar-refractivity contribution >= 4 is 78.6 Å². The van der Waals surface area contributed by atoms with E-state index < -0.39 is 9.05 Å². The average molecular weight is 324 g/mol. The molecular weight excluding hydrogens is 324 g/mol. The molecule has 0 aliphatic carbocycles. The van der Waals surface area contributed by atoms with Crippen LogP contribution in [0.25, 0.3) is 0 Å². The highest BCUT2D eigenvalue weighted by Crippen LogP contribution is 2.13. The molecule has 0 aromatic heterocycles. The predicted octanol–water partition coefficient (Wildman–Crippen LogP) is 1.56. The van der Waals surface area contributed by atoms with E-state index in [2.05, 4.69) is 87.6 Å². The topological polar surface area (TPSA) is 86.4 Å². The van der Waals surface area contributed by atoms with Gasteiger partial charge in [0.15, 0.2) is 0 Å². The summed E-state index contributed by atoms with van der Waals surface area (Å²) in [5, 5.41) is 19.8. The zero-order chi connectivity index (χ0) is 13.0. The van der Waals surface area contributed by atoms with Crippen molar-refractivity contribution in [2.24, 2.45) is 20.6 Å². The van der Waals surface area contributed by atoms with Gasteiger partial charge in [0, 0.05) is 0 Å². The molecule has 0 radical (unpaired) electrons. The molecule has 0 rings (SSSR count). The first-order valence-corrected chi connectivity index (χ1v) is 6.52. The fourth-order valence-electron chi connectivity index (χ4n) is 0.398. The zero-order valence-electron chi connectivity index (χ0n) is 7.55. The Labute approximate surface area is 117 Å². The van der Waals surface area contributed by atoms with Gasteiger partial charge in [-0.3, -0.25) is 0 Å². The molecule has 0 unspecified atom stereocenters. The second-order valence-corrected chi connectivity index (χ2v) is 4.06. The third kappa shape index (κ3) is 6.71. The van der Waals surface area contributed by atoms with Crippen molar-refractivity contribution in [2.75, 3.05) is 0 Å². The largest absolute Gasteiger partial charge is 1.05 e. The third-order valence-corrected chi connectivity index (χ3v) is 2.34. The van der Waals surface area contributed by atoms with Crippen LogP contribution in [0.15, 0.2) is 20.6 Å². The van der Waals surface area contributed by atoms with E-state index in [9.17, 15) is 0 Å². The van der Waals surface area contributed by atoms with Crippen LogP contribution in [0.3, 0.4) is 0 Å². The lowest BCUT2D eigenvalue weighted by atomic mass is 11.7. The molecular formula is C4N4O4S4Si. The molecule has 0 aromatic carbocycles. The molecule has 0 N–H and O–H groups in total. The summed E-state index contributed by atoms with van der Waals surface area (Å²) in [5.41, 5.74) is 0. The van der Waals surface area contributed by atoms with E-state index in [1.165, 1.54) is 0 Å². The van der Waals surface area contributed by atoms with Gasteiger partial charge in [0.05, 0.1) is 0 Å². The van der Waals surface area contributed by atoms with Crippen LogP contribution in [0, 0.1) is 0 Å². The van der Waals surface area contributed by atoms with Crippen LogP contribution in [0.4, 0.5) is 0 Å². The Hall–Kier alpha value is -1.38. The molecule has 0 fully saturated rings. The summed E-state index contributed by atoms with van der Waals surface area (Å²) in [7, 11) is -4.06. The van der Waals surface area contributed by atoms with Crippen molar-refractivity contribution in [1.82, 2.24) is 0 Å². The molecule has 13 heteroatoms. The molecule has 0 atom stereocenters. The molecule has 8 nitrogen and oxygen atoms in total. The van der Waals surface area contributed by atoms with Crippen molar-refractivity contribution in [3.05, 3.63) is 0 Å². The van der Waals surface area contributed by atoms with Crippen molar-refractivity contribution < 1.29 is 18.1 Å². The predicted molar refractivity (Wildman–Crippen MR) is 70.2 cm³/mol. The molecule has 0 aliphatic heterocycles. The lowest BCUT2D eigenvalue weighted by Gasteiger charge is -2.13. The van der Waals surface area contributed by atoms with E-state index in [1.54, 1.807) is 0 Å². The van der Waals surface area contributed by atoms with Crippen LogP contribution < -0.4 is 0 Å². The number of isothiocyanates is 4. The quantitative estimate of drug-likeness (QED) is 0.288. The van der Waals surface area contributed by atoms with Gasteiger partial charge in [-0.2, -0.15) is 0 Å². The normalized spacial score (nSPS) is 10.8. The second kappa shape index (κ2) is 9.82. The minimum atomic E-state index is -4.06. The maximum atomic E-state index is 4.63. The Morgan fingerprint density at radius 3 is 1.00 bits per heavy atom. The third-order valence-electron chi connectivity index (χ3n) is 0.779. The molecule has 0 bridgehead atoms. The minimum absolute atomic E-state index is 1.87. The van der Waals surface area contributed by atoms with Crippen LogP contribution in [-0.4, -0.2) is 29.7 Å². The molecule has 0 aliphatic rings. The molecule has 0 spiro atoms. The molecule has 0 saturated heterocycles. The fraction of sp³-hybridized carbons (Fsp3) is 0. The summed E-state index contributed by atoms with van der Waals surface area (Å²) in [5.74, 6) is 0. The van der Waals surface area contributed by atoms with Crippen molar-refractivity contribution in [3.63, 3.8) is 0 Å². The zero-order valence-corrected chi connectivity index (χ0v) is 11.8. The highest BCUT2D eigenvalue weighted by Gasteiger charge is 2.63. The summed E-state index contributed by atoms with van der Waals surface area (Å²) in [6.07, 6.45) is 0. The number of hydrogen-bond acceptors (Lipinski definition) is 12. The molecule has 0 amide bonds. The van der Waals surface area contributed by atoms with E-state index in [4.69, 9.17) is 0 Å². The Morgan fingerprint density at radius 2 is 0.824 bits per heavy atom. The molecule has 0 aromatic rings. The van der Waals surface area contributed by atoms with Gasteiger partial charge in [0.2, 0.25) is 0 Å². The van der Waals surface area contributed by atoms with Crippen molar-refractivity contribution in [2.45, 2.75) is 0 Å². The summed E-state index contributed by atoms with van der Waals surface area (Å²) in [4.78, 5) is 0.